The van der Waals surface area contributed by atoms with E-state index in [2.05, 4.69) is 20.9 Å². The topological polar surface area (TPSA) is 83.1 Å². The molecule has 0 unspecified atom stereocenters. The highest BCUT2D eigenvalue weighted by Gasteiger charge is 2.11. The molecule has 3 N–H and O–H groups in total. The highest BCUT2D eigenvalue weighted by atomic mass is 16.2. The number of hydrogen-bond acceptors (Lipinski definition) is 3. The summed E-state index contributed by atoms with van der Waals surface area (Å²) in [5.74, 6) is -0.119. The van der Waals surface area contributed by atoms with Crippen LogP contribution in [-0.2, 0) is 6.42 Å². The molecule has 0 bridgehead atoms. The summed E-state index contributed by atoms with van der Waals surface area (Å²) >= 11 is 0. The van der Waals surface area contributed by atoms with Crippen molar-refractivity contribution in [2.24, 2.45) is 0 Å². The van der Waals surface area contributed by atoms with Crippen LogP contribution in [0, 0.1) is 6.92 Å². The molecule has 0 spiro atoms. The van der Waals surface area contributed by atoms with Crippen LogP contribution in [0.1, 0.15) is 35.3 Å². The predicted molar refractivity (Wildman–Crippen MR) is 98.7 cm³/mol. The van der Waals surface area contributed by atoms with Crippen molar-refractivity contribution in [3.05, 3.63) is 59.4 Å². The minimum absolute atomic E-state index is 0.0286. The van der Waals surface area contributed by atoms with E-state index in [1.54, 1.807) is 30.6 Å². The Hall–Kier alpha value is -2.89. The van der Waals surface area contributed by atoms with Gasteiger partial charge in [-0.05, 0) is 62.6 Å². The van der Waals surface area contributed by atoms with Crippen LogP contribution < -0.4 is 16.0 Å². The summed E-state index contributed by atoms with van der Waals surface area (Å²) in [5.41, 5.74) is 3.16. The highest BCUT2D eigenvalue weighted by molar-refractivity contribution is 5.96. The Labute approximate surface area is 148 Å². The van der Waals surface area contributed by atoms with Gasteiger partial charge < -0.3 is 16.0 Å². The van der Waals surface area contributed by atoms with Crippen LogP contribution in [0.25, 0.3) is 0 Å². The lowest BCUT2D eigenvalue weighted by atomic mass is 10.1. The van der Waals surface area contributed by atoms with Crippen LogP contribution in [0.5, 0.6) is 0 Å². The van der Waals surface area contributed by atoms with Crippen molar-refractivity contribution < 1.29 is 9.59 Å². The van der Waals surface area contributed by atoms with E-state index in [1.807, 2.05) is 32.9 Å². The van der Waals surface area contributed by atoms with Crippen molar-refractivity contribution in [3.63, 3.8) is 0 Å². The molecule has 0 fully saturated rings. The normalized spacial score (nSPS) is 11.5. The number of amides is 3. The van der Waals surface area contributed by atoms with Crippen molar-refractivity contribution in [1.29, 1.82) is 0 Å². The van der Waals surface area contributed by atoms with Crippen molar-refractivity contribution in [3.8, 4) is 0 Å². The van der Waals surface area contributed by atoms with E-state index in [1.165, 1.54) is 0 Å². The number of pyridine rings is 1. The van der Waals surface area contributed by atoms with E-state index in [-0.39, 0.29) is 18.0 Å². The summed E-state index contributed by atoms with van der Waals surface area (Å²) in [6.07, 6.45) is 4.22. The van der Waals surface area contributed by atoms with E-state index in [9.17, 15) is 9.59 Å². The van der Waals surface area contributed by atoms with Crippen molar-refractivity contribution in [2.45, 2.75) is 33.2 Å². The molecule has 0 saturated heterocycles. The van der Waals surface area contributed by atoms with Crippen LogP contribution in [0.3, 0.4) is 0 Å². The number of nitrogens with one attached hydrogen (secondary N) is 3. The second-order valence-corrected chi connectivity index (χ2v) is 5.95. The first kappa shape index (κ1) is 18.4. The lowest BCUT2D eigenvalue weighted by molar-refractivity contribution is 0.0955. The zero-order valence-electron chi connectivity index (χ0n) is 14.8. The molecule has 6 nitrogen and oxygen atoms in total. The number of carbonyl (C=O) groups excluding carboxylic acids is 2. The second-order valence-electron chi connectivity index (χ2n) is 5.95. The van der Waals surface area contributed by atoms with Gasteiger partial charge in [0.15, 0.2) is 0 Å². The maximum Gasteiger partial charge on any atom is 0.319 e. The average Bonchev–Trinajstić information content (AvgIpc) is 2.57. The third-order valence-corrected chi connectivity index (χ3v) is 3.72. The summed E-state index contributed by atoms with van der Waals surface area (Å²) in [4.78, 5) is 28.1. The number of urea groups is 1. The largest absolute Gasteiger partial charge is 0.352 e. The maximum atomic E-state index is 12.2. The second kappa shape index (κ2) is 8.82. The molecular formula is C19H24N4O2. The van der Waals surface area contributed by atoms with Gasteiger partial charge in [-0.15, -0.1) is 0 Å². The molecule has 2 aromatic rings. The molecule has 0 radical (unpaired) electrons. The quantitative estimate of drug-likeness (QED) is 0.756. The molecule has 1 heterocycles. The zero-order chi connectivity index (χ0) is 18.2. The van der Waals surface area contributed by atoms with E-state index in [0.29, 0.717) is 24.2 Å². The van der Waals surface area contributed by atoms with Crippen molar-refractivity contribution in [2.75, 3.05) is 11.9 Å². The van der Waals surface area contributed by atoms with Crippen molar-refractivity contribution >= 4 is 17.6 Å². The Balaban J connectivity index is 1.92. The Morgan fingerprint density at radius 3 is 2.68 bits per heavy atom. The lowest BCUT2D eigenvalue weighted by Gasteiger charge is -2.16. The van der Waals surface area contributed by atoms with Crippen molar-refractivity contribution in [1.82, 2.24) is 15.6 Å². The number of nitrogens with zero attached hydrogens (tertiary/aromatic N) is 1. The third-order valence-electron chi connectivity index (χ3n) is 3.72. The Morgan fingerprint density at radius 2 is 2.04 bits per heavy atom. The number of anilines is 1. The molecule has 1 aromatic heterocycles. The molecule has 0 aliphatic heterocycles. The molecule has 1 aromatic carbocycles. The van der Waals surface area contributed by atoms with Crippen LogP contribution in [0.15, 0.2) is 42.7 Å². The number of aryl methyl sites for hydroxylation is 1. The number of hydrogen-bond donors (Lipinski definition) is 3. The molecule has 0 aliphatic carbocycles. The molecule has 0 aliphatic rings. The number of benzene rings is 1. The molecule has 0 saturated carbocycles. The monoisotopic (exact) mass is 340 g/mol. The minimum Gasteiger partial charge on any atom is -0.352 e. The van der Waals surface area contributed by atoms with E-state index in [0.717, 1.165) is 11.1 Å². The van der Waals surface area contributed by atoms with E-state index >= 15 is 0 Å². The Morgan fingerprint density at radius 1 is 1.24 bits per heavy atom. The average molecular weight is 340 g/mol. The molecule has 2 rings (SSSR count). The standard InChI is InChI=1S/C19H24N4O2/c1-4-21-18(24)16-7-8-17(13(2)10-16)23-19(25)22-14(3)11-15-6-5-9-20-12-15/h5-10,12,14H,4,11H2,1-3H3,(H,21,24)(H2,22,23,25)/t14-/m0/s1. The Bertz CT molecular complexity index is 731. The first-order valence-electron chi connectivity index (χ1n) is 8.35. The van der Waals surface area contributed by atoms with Gasteiger partial charge in [0.2, 0.25) is 0 Å². The molecule has 1 atom stereocenters. The van der Waals surface area contributed by atoms with Gasteiger partial charge in [0.05, 0.1) is 0 Å². The fourth-order valence-electron chi connectivity index (χ4n) is 2.51. The van der Waals surface area contributed by atoms with Gasteiger partial charge >= 0.3 is 6.03 Å². The number of rotatable bonds is 6. The summed E-state index contributed by atoms with van der Waals surface area (Å²) in [7, 11) is 0. The fraction of sp³-hybridized carbons (Fsp3) is 0.316. The Kier molecular flexibility index (Phi) is 6.51. The van der Waals surface area contributed by atoms with Gasteiger partial charge in [0.25, 0.3) is 5.91 Å². The minimum atomic E-state index is -0.273. The maximum absolute atomic E-state index is 12.2. The lowest BCUT2D eigenvalue weighted by Crippen LogP contribution is -2.37. The first-order valence-corrected chi connectivity index (χ1v) is 8.35. The predicted octanol–water partition coefficient (Wildman–Crippen LogP) is 2.89. The van der Waals surface area contributed by atoms with Gasteiger partial charge in [-0.3, -0.25) is 9.78 Å². The van der Waals surface area contributed by atoms with Crippen LogP contribution >= 0.6 is 0 Å². The van der Waals surface area contributed by atoms with Gasteiger partial charge in [-0.2, -0.15) is 0 Å². The molecule has 3 amide bonds. The summed E-state index contributed by atoms with van der Waals surface area (Å²) in [6.45, 7) is 6.25. The fourth-order valence-corrected chi connectivity index (χ4v) is 2.51. The summed E-state index contributed by atoms with van der Waals surface area (Å²) in [6, 6.07) is 8.76. The molecule has 132 valence electrons. The van der Waals surface area contributed by atoms with Gasteiger partial charge in [-0.25, -0.2) is 4.79 Å². The van der Waals surface area contributed by atoms with Gasteiger partial charge in [0, 0.05) is 36.2 Å². The van der Waals surface area contributed by atoms with Crippen LogP contribution in [0.4, 0.5) is 10.5 Å². The molecule has 6 heteroatoms. The van der Waals surface area contributed by atoms with Gasteiger partial charge in [-0.1, -0.05) is 6.07 Å². The van der Waals surface area contributed by atoms with Crippen LogP contribution in [-0.4, -0.2) is 29.5 Å². The smallest absolute Gasteiger partial charge is 0.319 e. The molecule has 25 heavy (non-hydrogen) atoms. The zero-order valence-corrected chi connectivity index (χ0v) is 14.8. The van der Waals surface area contributed by atoms with E-state index in [4.69, 9.17) is 0 Å². The summed E-state index contributed by atoms with van der Waals surface area (Å²) < 4.78 is 0. The first-order chi connectivity index (χ1) is 12.0. The number of carbonyl (C=O) groups is 2. The van der Waals surface area contributed by atoms with E-state index < -0.39 is 0 Å². The summed E-state index contributed by atoms with van der Waals surface area (Å²) in [5, 5.41) is 8.49. The van der Waals surface area contributed by atoms with Crippen LogP contribution in [0.2, 0.25) is 0 Å². The SMILES string of the molecule is CCNC(=O)c1ccc(NC(=O)N[C@@H](C)Cc2cccnc2)c(C)c1. The number of aromatic nitrogens is 1. The third kappa shape index (κ3) is 5.60. The van der Waals surface area contributed by atoms with Gasteiger partial charge in [0.1, 0.15) is 0 Å². The molecular weight excluding hydrogens is 316 g/mol. The highest BCUT2D eigenvalue weighted by Crippen LogP contribution is 2.16.